The van der Waals surface area contributed by atoms with Crippen LogP contribution in [0.3, 0.4) is 0 Å². The van der Waals surface area contributed by atoms with E-state index in [1.807, 2.05) is 71.5 Å². The molecule has 2 heterocycles. The summed E-state index contributed by atoms with van der Waals surface area (Å²) in [5.74, 6) is 0.747. The number of para-hydroxylation sites is 2. The second kappa shape index (κ2) is 5.16. The summed E-state index contributed by atoms with van der Waals surface area (Å²) in [7, 11) is 0. The molecule has 0 fully saturated rings. The molecule has 4 nitrogen and oxygen atoms in total. The highest BCUT2D eigenvalue weighted by Gasteiger charge is 2.15. The number of benzene rings is 2. The van der Waals surface area contributed by atoms with Gasteiger partial charge in [0.1, 0.15) is 11.3 Å². The van der Waals surface area contributed by atoms with Crippen LogP contribution in [0.2, 0.25) is 0 Å². The molecule has 0 saturated heterocycles. The molecule has 108 valence electrons. The van der Waals surface area contributed by atoms with Gasteiger partial charge in [0.25, 0.3) is 0 Å². The fraction of sp³-hybridized carbons (Fsp3) is 0.0556. The zero-order valence-electron chi connectivity index (χ0n) is 11.9. The lowest BCUT2D eigenvalue weighted by molar-refractivity contribution is 0.626. The molecular formula is C18H15N3O. The van der Waals surface area contributed by atoms with Crippen LogP contribution >= 0.6 is 0 Å². The summed E-state index contributed by atoms with van der Waals surface area (Å²) in [5.41, 5.74) is 9.49. The van der Waals surface area contributed by atoms with Gasteiger partial charge in [-0.05, 0) is 24.3 Å². The molecule has 0 saturated carbocycles. The second-order valence-corrected chi connectivity index (χ2v) is 5.14. The first-order valence-corrected chi connectivity index (χ1v) is 7.18. The van der Waals surface area contributed by atoms with Gasteiger partial charge in [0.15, 0.2) is 5.76 Å². The molecule has 4 rings (SSSR count). The fourth-order valence-electron chi connectivity index (χ4n) is 2.58. The number of rotatable bonds is 3. The van der Waals surface area contributed by atoms with Crippen LogP contribution in [0.4, 0.5) is 0 Å². The largest absolute Gasteiger partial charge is 0.454 e. The van der Waals surface area contributed by atoms with E-state index in [2.05, 4.69) is 5.10 Å². The van der Waals surface area contributed by atoms with Crippen LogP contribution in [0.15, 0.2) is 71.3 Å². The number of nitrogens with zero attached hydrogens (tertiary/aromatic N) is 2. The van der Waals surface area contributed by atoms with Gasteiger partial charge in [0.2, 0.25) is 0 Å². The van der Waals surface area contributed by atoms with Crippen molar-refractivity contribution in [3.05, 3.63) is 72.4 Å². The zero-order chi connectivity index (χ0) is 14.9. The van der Waals surface area contributed by atoms with Crippen molar-refractivity contribution in [2.75, 3.05) is 0 Å². The second-order valence-electron chi connectivity index (χ2n) is 5.14. The number of fused-ring (bicyclic) bond motifs is 1. The van der Waals surface area contributed by atoms with Crippen molar-refractivity contribution in [1.29, 1.82) is 0 Å². The third-order valence-electron chi connectivity index (χ3n) is 3.69. The van der Waals surface area contributed by atoms with Crippen molar-refractivity contribution >= 4 is 11.0 Å². The van der Waals surface area contributed by atoms with Crippen LogP contribution in [-0.4, -0.2) is 9.78 Å². The van der Waals surface area contributed by atoms with Crippen LogP contribution < -0.4 is 5.73 Å². The minimum atomic E-state index is 0.416. The molecule has 4 aromatic rings. The highest BCUT2D eigenvalue weighted by Crippen LogP contribution is 2.29. The number of furan rings is 1. The van der Waals surface area contributed by atoms with Gasteiger partial charge in [0.05, 0.1) is 5.69 Å². The molecule has 0 aliphatic carbocycles. The average Bonchev–Trinajstić information content (AvgIpc) is 3.19. The molecular weight excluding hydrogens is 274 g/mol. The van der Waals surface area contributed by atoms with E-state index in [9.17, 15) is 0 Å². The third-order valence-corrected chi connectivity index (χ3v) is 3.69. The fourth-order valence-corrected chi connectivity index (χ4v) is 2.58. The predicted molar refractivity (Wildman–Crippen MR) is 86.7 cm³/mol. The summed E-state index contributed by atoms with van der Waals surface area (Å²) in [5, 5.41) is 5.72. The van der Waals surface area contributed by atoms with Crippen LogP contribution in [0.5, 0.6) is 0 Å². The molecule has 4 heteroatoms. The molecule has 0 bridgehead atoms. The van der Waals surface area contributed by atoms with Crippen molar-refractivity contribution in [2.24, 2.45) is 5.73 Å². The van der Waals surface area contributed by atoms with E-state index in [4.69, 9.17) is 10.2 Å². The predicted octanol–water partition coefficient (Wildman–Crippen LogP) is 3.74. The maximum absolute atomic E-state index is 5.91. The van der Waals surface area contributed by atoms with Gasteiger partial charge in [-0.15, -0.1) is 0 Å². The van der Waals surface area contributed by atoms with Crippen molar-refractivity contribution < 1.29 is 4.42 Å². The molecule has 2 aromatic heterocycles. The van der Waals surface area contributed by atoms with E-state index in [1.165, 1.54) is 0 Å². The molecule has 2 aromatic carbocycles. The van der Waals surface area contributed by atoms with Gasteiger partial charge in [-0.1, -0.05) is 36.4 Å². The number of hydrogen-bond donors (Lipinski definition) is 1. The highest BCUT2D eigenvalue weighted by molar-refractivity contribution is 5.82. The number of hydrogen-bond acceptors (Lipinski definition) is 3. The molecule has 0 atom stereocenters. The van der Waals surface area contributed by atoms with E-state index in [1.54, 1.807) is 0 Å². The summed E-state index contributed by atoms with van der Waals surface area (Å²) in [6, 6.07) is 19.9. The molecule has 2 N–H and O–H groups in total. The third kappa shape index (κ3) is 2.10. The molecule has 0 unspecified atom stereocenters. The Hall–Kier alpha value is -2.85. The zero-order valence-corrected chi connectivity index (χ0v) is 11.9. The summed E-state index contributed by atoms with van der Waals surface area (Å²) in [6.07, 6.45) is 1.96. The van der Waals surface area contributed by atoms with Crippen molar-refractivity contribution in [1.82, 2.24) is 9.78 Å². The minimum absolute atomic E-state index is 0.416. The average molecular weight is 289 g/mol. The van der Waals surface area contributed by atoms with Gasteiger partial charge in [-0.25, -0.2) is 4.68 Å². The van der Waals surface area contributed by atoms with Crippen LogP contribution in [0.25, 0.3) is 28.1 Å². The lowest BCUT2D eigenvalue weighted by Crippen LogP contribution is -1.96. The van der Waals surface area contributed by atoms with Crippen LogP contribution in [-0.2, 0) is 6.54 Å². The van der Waals surface area contributed by atoms with E-state index in [0.717, 1.165) is 33.7 Å². The molecule has 0 aliphatic rings. The van der Waals surface area contributed by atoms with Gasteiger partial charge in [-0.2, -0.15) is 5.10 Å². The van der Waals surface area contributed by atoms with Gasteiger partial charge >= 0.3 is 0 Å². The quantitative estimate of drug-likeness (QED) is 0.625. The van der Waals surface area contributed by atoms with Gasteiger partial charge < -0.3 is 10.2 Å². The Morgan fingerprint density at radius 1 is 1.00 bits per heavy atom. The summed E-state index contributed by atoms with van der Waals surface area (Å²) < 4.78 is 7.75. The molecule has 0 aliphatic heterocycles. The molecule has 22 heavy (non-hydrogen) atoms. The molecule has 0 radical (unpaired) electrons. The normalized spacial score (nSPS) is 11.1. The first kappa shape index (κ1) is 12.9. The van der Waals surface area contributed by atoms with Gasteiger partial charge in [-0.3, -0.25) is 0 Å². The topological polar surface area (TPSA) is 57.0 Å². The van der Waals surface area contributed by atoms with Crippen molar-refractivity contribution in [2.45, 2.75) is 6.54 Å². The Bertz CT molecular complexity index is 889. The maximum Gasteiger partial charge on any atom is 0.156 e. The van der Waals surface area contributed by atoms with Crippen molar-refractivity contribution in [3.63, 3.8) is 0 Å². The van der Waals surface area contributed by atoms with Gasteiger partial charge in [0, 0.05) is 23.7 Å². The SMILES string of the molecule is NCc1cn(-c2ccccc2)nc1-c1cc2ccccc2o1. The number of aromatic nitrogens is 2. The summed E-state index contributed by atoms with van der Waals surface area (Å²) >= 11 is 0. The minimum Gasteiger partial charge on any atom is -0.454 e. The van der Waals surface area contributed by atoms with Crippen LogP contribution in [0, 0.1) is 0 Å². The Kier molecular flexibility index (Phi) is 3.02. The van der Waals surface area contributed by atoms with Crippen LogP contribution in [0.1, 0.15) is 5.56 Å². The van der Waals surface area contributed by atoms with E-state index < -0.39 is 0 Å². The Labute approximate surface area is 127 Å². The molecule has 0 amide bonds. The number of nitrogens with two attached hydrogens (primary N) is 1. The van der Waals surface area contributed by atoms with E-state index in [0.29, 0.717) is 6.54 Å². The van der Waals surface area contributed by atoms with Crippen molar-refractivity contribution in [3.8, 4) is 17.1 Å². The Morgan fingerprint density at radius 2 is 1.77 bits per heavy atom. The standard InChI is InChI=1S/C18H15N3O/c19-11-14-12-21(15-7-2-1-3-8-15)20-18(14)17-10-13-6-4-5-9-16(13)22-17/h1-10,12H,11,19H2. The summed E-state index contributed by atoms with van der Waals surface area (Å²) in [4.78, 5) is 0. The smallest absolute Gasteiger partial charge is 0.156 e. The van der Waals surface area contributed by atoms with E-state index >= 15 is 0 Å². The lowest BCUT2D eigenvalue weighted by atomic mass is 10.2. The highest BCUT2D eigenvalue weighted by atomic mass is 16.3. The summed E-state index contributed by atoms with van der Waals surface area (Å²) in [6.45, 7) is 0.416. The Morgan fingerprint density at radius 3 is 2.55 bits per heavy atom. The first-order chi connectivity index (χ1) is 10.8. The first-order valence-electron chi connectivity index (χ1n) is 7.18. The van der Waals surface area contributed by atoms with E-state index in [-0.39, 0.29) is 0 Å². The lowest BCUT2D eigenvalue weighted by Gasteiger charge is -1.98. The maximum atomic E-state index is 5.91. The Balaban J connectivity index is 1.85. The monoisotopic (exact) mass is 289 g/mol. The molecule has 0 spiro atoms.